The molecule has 0 N–H and O–H groups in total. The minimum Gasteiger partial charge on any atom is -0.379 e. The zero-order valence-corrected chi connectivity index (χ0v) is 13.5. The normalized spacial score (nSPS) is 11.4. The maximum Gasteiger partial charge on any atom is 0.373 e. The molecule has 4 nitrogen and oxygen atoms in total. The Bertz CT molecular complexity index is 423. The zero-order valence-electron chi connectivity index (χ0n) is 13.5. The number of unbranched alkanes of at least 4 members (excludes halogenated alkanes) is 1. The molecule has 0 amide bonds. The van der Waals surface area contributed by atoms with Gasteiger partial charge in [0.2, 0.25) is 0 Å². The quantitative estimate of drug-likeness (QED) is 0.393. The van der Waals surface area contributed by atoms with Gasteiger partial charge in [0.05, 0.1) is 17.8 Å². The molecule has 0 aliphatic carbocycles. The summed E-state index contributed by atoms with van der Waals surface area (Å²) in [7, 11) is 1.64. The average Bonchev–Trinajstić information content (AvgIpc) is 2.50. The van der Waals surface area contributed by atoms with Gasteiger partial charge in [-0.2, -0.15) is 4.89 Å². The molecular weight excluding hydrogens is 268 g/mol. The second kappa shape index (κ2) is 8.80. The number of carbonyl (C=O) groups excluding carboxylic acids is 1. The molecule has 0 saturated heterocycles. The molecule has 118 valence electrons. The van der Waals surface area contributed by atoms with Crippen molar-refractivity contribution in [3.8, 4) is 0 Å². The lowest BCUT2D eigenvalue weighted by Gasteiger charge is -2.21. The van der Waals surface area contributed by atoms with Crippen LogP contribution in [0.15, 0.2) is 24.3 Å². The lowest BCUT2D eigenvalue weighted by Crippen LogP contribution is -2.24. The summed E-state index contributed by atoms with van der Waals surface area (Å²) in [4.78, 5) is 21.5. The smallest absolute Gasteiger partial charge is 0.373 e. The molecule has 1 aromatic carbocycles. The van der Waals surface area contributed by atoms with E-state index in [4.69, 9.17) is 14.5 Å². The van der Waals surface area contributed by atoms with Gasteiger partial charge in [-0.1, -0.05) is 25.5 Å². The van der Waals surface area contributed by atoms with Crippen LogP contribution in [0.4, 0.5) is 0 Å². The number of carbonyl (C=O) groups is 1. The van der Waals surface area contributed by atoms with E-state index in [1.165, 1.54) is 5.56 Å². The number of aryl methyl sites for hydroxylation is 1. The highest BCUT2D eigenvalue weighted by Crippen LogP contribution is 2.13. The molecule has 0 spiro atoms. The van der Waals surface area contributed by atoms with Crippen molar-refractivity contribution in [2.45, 2.75) is 52.1 Å². The molecule has 21 heavy (non-hydrogen) atoms. The van der Waals surface area contributed by atoms with E-state index in [-0.39, 0.29) is 5.60 Å². The van der Waals surface area contributed by atoms with E-state index in [0.717, 1.165) is 19.3 Å². The van der Waals surface area contributed by atoms with Gasteiger partial charge in [-0.05, 0) is 44.4 Å². The molecule has 0 bridgehead atoms. The predicted octanol–water partition coefficient (Wildman–Crippen LogP) is 3.93. The second-order valence-corrected chi connectivity index (χ2v) is 5.71. The second-order valence-electron chi connectivity index (χ2n) is 5.71. The number of hydrogen-bond donors (Lipinski definition) is 0. The van der Waals surface area contributed by atoms with Gasteiger partial charge in [0.1, 0.15) is 0 Å². The van der Waals surface area contributed by atoms with E-state index < -0.39 is 5.97 Å². The first kappa shape index (κ1) is 17.7. The van der Waals surface area contributed by atoms with E-state index in [2.05, 4.69) is 6.92 Å². The fraction of sp³-hybridized carbons (Fsp3) is 0.588. The van der Waals surface area contributed by atoms with Crippen molar-refractivity contribution < 1.29 is 19.3 Å². The Kier molecular flexibility index (Phi) is 7.40. The summed E-state index contributed by atoms with van der Waals surface area (Å²) in [6.07, 6.45) is 4.00. The minimum atomic E-state index is -0.465. The first-order chi connectivity index (χ1) is 9.98. The van der Waals surface area contributed by atoms with E-state index in [1.54, 1.807) is 19.2 Å². The summed E-state index contributed by atoms with van der Waals surface area (Å²) in [5, 5.41) is 0. The maximum absolute atomic E-state index is 11.8. The standard InChI is InChI=1S/C17H26O4/c1-5-6-7-14-8-10-15(11-9-14)16(18)21-20-13-12-17(2,3)19-4/h8-11H,5-7,12-13H2,1-4H3. The summed E-state index contributed by atoms with van der Waals surface area (Å²) < 4.78 is 5.25. The molecule has 0 unspecified atom stereocenters. The largest absolute Gasteiger partial charge is 0.379 e. The van der Waals surface area contributed by atoms with Crippen molar-refractivity contribution in [2.75, 3.05) is 13.7 Å². The molecule has 1 rings (SSSR count). The predicted molar refractivity (Wildman–Crippen MR) is 82.1 cm³/mol. The summed E-state index contributed by atoms with van der Waals surface area (Å²) in [6, 6.07) is 7.46. The third-order valence-electron chi connectivity index (χ3n) is 3.48. The number of ether oxygens (including phenoxy) is 1. The van der Waals surface area contributed by atoms with Gasteiger partial charge in [0.15, 0.2) is 0 Å². The molecule has 0 saturated carbocycles. The van der Waals surface area contributed by atoms with Gasteiger partial charge in [-0.25, -0.2) is 4.79 Å². The Morgan fingerprint density at radius 3 is 2.43 bits per heavy atom. The summed E-state index contributed by atoms with van der Waals surface area (Å²) in [5.41, 5.74) is 1.45. The van der Waals surface area contributed by atoms with Crippen molar-refractivity contribution in [1.82, 2.24) is 0 Å². The molecule has 0 heterocycles. The molecule has 0 atom stereocenters. The SMILES string of the molecule is CCCCc1ccc(C(=O)OOCCC(C)(C)OC)cc1. The molecule has 0 aliphatic heterocycles. The highest BCUT2D eigenvalue weighted by Gasteiger charge is 2.16. The summed E-state index contributed by atoms with van der Waals surface area (Å²) in [6.45, 7) is 6.37. The average molecular weight is 294 g/mol. The van der Waals surface area contributed by atoms with Gasteiger partial charge in [-0.3, -0.25) is 4.89 Å². The Morgan fingerprint density at radius 1 is 1.19 bits per heavy atom. The monoisotopic (exact) mass is 294 g/mol. The van der Waals surface area contributed by atoms with Gasteiger partial charge < -0.3 is 4.74 Å². The van der Waals surface area contributed by atoms with E-state index >= 15 is 0 Å². The number of benzene rings is 1. The lowest BCUT2D eigenvalue weighted by molar-refractivity contribution is -0.247. The van der Waals surface area contributed by atoms with Crippen LogP contribution in [0.2, 0.25) is 0 Å². The van der Waals surface area contributed by atoms with Crippen LogP contribution >= 0.6 is 0 Å². The van der Waals surface area contributed by atoms with E-state index in [0.29, 0.717) is 18.6 Å². The number of rotatable bonds is 9. The van der Waals surface area contributed by atoms with Crippen LogP contribution in [0.25, 0.3) is 0 Å². The molecule has 0 fully saturated rings. The van der Waals surface area contributed by atoms with Crippen molar-refractivity contribution >= 4 is 5.97 Å². The van der Waals surface area contributed by atoms with E-state index in [1.807, 2.05) is 26.0 Å². The Labute approximate surface area is 127 Å². The summed E-state index contributed by atoms with van der Waals surface area (Å²) in [5.74, 6) is -0.465. The molecular formula is C17H26O4. The van der Waals surface area contributed by atoms with Gasteiger partial charge in [0, 0.05) is 13.5 Å². The Balaban J connectivity index is 2.35. The highest BCUT2D eigenvalue weighted by molar-refractivity contribution is 5.88. The van der Waals surface area contributed by atoms with Crippen LogP contribution in [-0.4, -0.2) is 25.3 Å². The third kappa shape index (κ3) is 6.74. The maximum atomic E-state index is 11.8. The Morgan fingerprint density at radius 2 is 1.86 bits per heavy atom. The summed E-state index contributed by atoms with van der Waals surface area (Å²) >= 11 is 0. The number of methoxy groups -OCH3 is 1. The van der Waals surface area contributed by atoms with Crippen LogP contribution < -0.4 is 0 Å². The van der Waals surface area contributed by atoms with Gasteiger partial charge in [0.25, 0.3) is 0 Å². The van der Waals surface area contributed by atoms with Crippen LogP contribution in [0.3, 0.4) is 0 Å². The fourth-order valence-electron chi connectivity index (χ4n) is 1.72. The first-order valence-electron chi connectivity index (χ1n) is 7.46. The first-order valence-corrected chi connectivity index (χ1v) is 7.46. The topological polar surface area (TPSA) is 44.8 Å². The van der Waals surface area contributed by atoms with Crippen molar-refractivity contribution in [3.05, 3.63) is 35.4 Å². The molecule has 1 aromatic rings. The third-order valence-corrected chi connectivity index (χ3v) is 3.48. The van der Waals surface area contributed by atoms with Crippen LogP contribution in [0.5, 0.6) is 0 Å². The van der Waals surface area contributed by atoms with Gasteiger partial charge >= 0.3 is 5.97 Å². The van der Waals surface area contributed by atoms with Crippen LogP contribution in [0, 0.1) is 0 Å². The zero-order chi connectivity index (χ0) is 15.7. The molecule has 0 aromatic heterocycles. The Hall–Kier alpha value is -1.39. The van der Waals surface area contributed by atoms with Crippen molar-refractivity contribution in [1.29, 1.82) is 0 Å². The van der Waals surface area contributed by atoms with Crippen molar-refractivity contribution in [2.24, 2.45) is 0 Å². The number of hydrogen-bond acceptors (Lipinski definition) is 4. The van der Waals surface area contributed by atoms with Crippen LogP contribution in [0.1, 0.15) is 56.0 Å². The van der Waals surface area contributed by atoms with Crippen molar-refractivity contribution in [3.63, 3.8) is 0 Å². The molecule has 4 heteroatoms. The fourth-order valence-corrected chi connectivity index (χ4v) is 1.72. The minimum absolute atomic E-state index is 0.284. The highest BCUT2D eigenvalue weighted by atomic mass is 17.2. The molecule has 0 aliphatic rings. The van der Waals surface area contributed by atoms with Crippen LogP contribution in [-0.2, 0) is 20.9 Å². The molecule has 0 radical (unpaired) electrons. The van der Waals surface area contributed by atoms with E-state index in [9.17, 15) is 4.79 Å². The van der Waals surface area contributed by atoms with Gasteiger partial charge in [-0.15, -0.1) is 0 Å². The lowest BCUT2D eigenvalue weighted by atomic mass is 10.1.